The Bertz CT molecular complexity index is 366. The number of amides is 1. The number of hydrogen-bond acceptors (Lipinski definition) is 4. The molecule has 1 heterocycles. The number of nitrogens with zero attached hydrogens (tertiary/aromatic N) is 2. The number of likely N-dealkylation sites (N-methyl/N-ethyl adjacent to an activating group) is 1. The van der Waals surface area contributed by atoms with Gasteiger partial charge in [0.1, 0.15) is 5.82 Å². The fourth-order valence-corrected chi connectivity index (χ4v) is 1.52. The first-order valence-electron chi connectivity index (χ1n) is 5.22. The minimum absolute atomic E-state index is 0.104. The minimum Gasteiger partial charge on any atom is -0.389 e. The molecule has 1 aromatic heterocycles. The van der Waals surface area contributed by atoms with Crippen LogP contribution in [0.15, 0.2) is 18.3 Å². The Balaban J connectivity index is 3.03. The summed E-state index contributed by atoms with van der Waals surface area (Å²) in [4.78, 5) is 16.8. The summed E-state index contributed by atoms with van der Waals surface area (Å²) >= 11 is 0. The van der Waals surface area contributed by atoms with Gasteiger partial charge in [0.2, 0.25) is 5.91 Å². The smallest absolute Gasteiger partial charge is 0.236 e. The van der Waals surface area contributed by atoms with E-state index in [1.807, 2.05) is 6.92 Å². The zero-order valence-electron chi connectivity index (χ0n) is 9.55. The monoisotopic (exact) mass is 223 g/mol. The van der Waals surface area contributed by atoms with Crippen molar-refractivity contribution in [2.24, 2.45) is 5.73 Å². The summed E-state index contributed by atoms with van der Waals surface area (Å²) in [6.45, 7) is 4.29. The topological polar surface area (TPSA) is 79.5 Å². The van der Waals surface area contributed by atoms with Gasteiger partial charge in [-0.2, -0.15) is 0 Å². The van der Waals surface area contributed by atoms with Gasteiger partial charge >= 0.3 is 0 Å². The van der Waals surface area contributed by atoms with Gasteiger partial charge in [-0.1, -0.05) is 6.07 Å². The summed E-state index contributed by atoms with van der Waals surface area (Å²) in [5.74, 6) is 0.197. The standard InChI is InChI=1S/C11H17N3O2/c1-3-14(7-10(12)16)11-9(8(2)15)5-4-6-13-11/h4-6,8,15H,3,7H2,1-2H3,(H2,12,16)/t8-/m0/s1. The molecule has 0 saturated carbocycles. The van der Waals surface area contributed by atoms with Crippen LogP contribution in [0.25, 0.3) is 0 Å². The van der Waals surface area contributed by atoms with Crippen LogP contribution in [0.5, 0.6) is 0 Å². The molecule has 88 valence electrons. The van der Waals surface area contributed by atoms with Crippen molar-refractivity contribution in [3.05, 3.63) is 23.9 Å². The number of aliphatic hydroxyl groups excluding tert-OH is 1. The Morgan fingerprint density at radius 1 is 1.69 bits per heavy atom. The first-order valence-corrected chi connectivity index (χ1v) is 5.22. The highest BCUT2D eigenvalue weighted by Gasteiger charge is 2.15. The number of carbonyl (C=O) groups is 1. The Morgan fingerprint density at radius 3 is 2.88 bits per heavy atom. The van der Waals surface area contributed by atoms with Gasteiger partial charge in [-0.25, -0.2) is 4.98 Å². The molecule has 5 heteroatoms. The van der Waals surface area contributed by atoms with Gasteiger partial charge in [0.05, 0.1) is 12.6 Å². The van der Waals surface area contributed by atoms with Crippen molar-refractivity contribution >= 4 is 11.7 Å². The van der Waals surface area contributed by atoms with Gasteiger partial charge in [0.15, 0.2) is 0 Å². The van der Waals surface area contributed by atoms with E-state index in [4.69, 9.17) is 5.73 Å². The normalized spacial score (nSPS) is 12.2. The van der Waals surface area contributed by atoms with Crippen LogP contribution in [-0.4, -0.2) is 29.1 Å². The molecule has 0 bridgehead atoms. The zero-order chi connectivity index (χ0) is 12.1. The molecule has 0 unspecified atom stereocenters. The predicted molar refractivity (Wildman–Crippen MR) is 62.0 cm³/mol. The average molecular weight is 223 g/mol. The van der Waals surface area contributed by atoms with Crippen molar-refractivity contribution in [1.82, 2.24) is 4.98 Å². The first-order chi connectivity index (χ1) is 7.56. The van der Waals surface area contributed by atoms with E-state index in [9.17, 15) is 9.90 Å². The van der Waals surface area contributed by atoms with Crippen LogP contribution in [0.3, 0.4) is 0 Å². The summed E-state index contributed by atoms with van der Waals surface area (Å²) in [7, 11) is 0. The quantitative estimate of drug-likeness (QED) is 0.759. The summed E-state index contributed by atoms with van der Waals surface area (Å²) in [6, 6.07) is 3.54. The number of nitrogens with two attached hydrogens (primary N) is 1. The summed E-state index contributed by atoms with van der Waals surface area (Å²) in [5, 5.41) is 9.60. The number of aromatic nitrogens is 1. The van der Waals surface area contributed by atoms with Crippen molar-refractivity contribution < 1.29 is 9.90 Å². The molecule has 16 heavy (non-hydrogen) atoms. The molecule has 0 aliphatic rings. The number of pyridine rings is 1. The number of carbonyl (C=O) groups excluding carboxylic acids is 1. The van der Waals surface area contributed by atoms with Gasteiger partial charge in [-0.05, 0) is 19.9 Å². The molecule has 1 aromatic rings. The van der Waals surface area contributed by atoms with E-state index in [-0.39, 0.29) is 6.54 Å². The van der Waals surface area contributed by atoms with Crippen molar-refractivity contribution in [2.45, 2.75) is 20.0 Å². The van der Waals surface area contributed by atoms with Crippen LogP contribution in [0.1, 0.15) is 25.5 Å². The van der Waals surface area contributed by atoms with Gasteiger partial charge in [0, 0.05) is 18.3 Å². The molecular weight excluding hydrogens is 206 g/mol. The maximum atomic E-state index is 10.9. The van der Waals surface area contributed by atoms with E-state index in [1.165, 1.54) is 0 Å². The molecule has 1 rings (SSSR count). The minimum atomic E-state index is -0.620. The van der Waals surface area contributed by atoms with E-state index < -0.39 is 12.0 Å². The third kappa shape index (κ3) is 2.93. The van der Waals surface area contributed by atoms with Crippen LogP contribution < -0.4 is 10.6 Å². The molecule has 5 nitrogen and oxygen atoms in total. The number of anilines is 1. The lowest BCUT2D eigenvalue weighted by molar-refractivity contribution is -0.116. The van der Waals surface area contributed by atoms with Crippen LogP contribution in [-0.2, 0) is 4.79 Å². The van der Waals surface area contributed by atoms with E-state index in [0.717, 1.165) is 0 Å². The summed E-state index contributed by atoms with van der Waals surface area (Å²) in [5.41, 5.74) is 5.86. The maximum Gasteiger partial charge on any atom is 0.236 e. The maximum absolute atomic E-state index is 10.9. The SMILES string of the molecule is CCN(CC(N)=O)c1ncccc1[C@H](C)O. The molecule has 0 spiro atoms. The average Bonchev–Trinajstić information content (AvgIpc) is 2.25. The first kappa shape index (κ1) is 12.4. The van der Waals surface area contributed by atoms with Crippen molar-refractivity contribution in [1.29, 1.82) is 0 Å². The van der Waals surface area contributed by atoms with Crippen molar-refractivity contribution in [3.63, 3.8) is 0 Å². The number of rotatable bonds is 5. The second-order valence-electron chi connectivity index (χ2n) is 3.57. The van der Waals surface area contributed by atoms with E-state index in [0.29, 0.717) is 17.9 Å². The van der Waals surface area contributed by atoms with Gasteiger partial charge in [-0.3, -0.25) is 4.79 Å². The zero-order valence-corrected chi connectivity index (χ0v) is 9.55. The van der Waals surface area contributed by atoms with Crippen LogP contribution in [0.4, 0.5) is 5.82 Å². The third-order valence-electron chi connectivity index (χ3n) is 2.29. The Hall–Kier alpha value is -1.62. The van der Waals surface area contributed by atoms with Crippen molar-refractivity contribution in [2.75, 3.05) is 18.0 Å². The third-order valence-corrected chi connectivity index (χ3v) is 2.29. The molecule has 0 aliphatic carbocycles. The second-order valence-corrected chi connectivity index (χ2v) is 3.57. The van der Waals surface area contributed by atoms with E-state index in [2.05, 4.69) is 4.98 Å². The lowest BCUT2D eigenvalue weighted by atomic mass is 10.1. The molecule has 0 aromatic carbocycles. The lowest BCUT2D eigenvalue weighted by Gasteiger charge is -2.23. The van der Waals surface area contributed by atoms with Crippen LogP contribution >= 0.6 is 0 Å². The number of hydrogen-bond donors (Lipinski definition) is 2. The summed E-state index contributed by atoms with van der Waals surface area (Å²) < 4.78 is 0. The fourth-order valence-electron chi connectivity index (χ4n) is 1.52. The highest BCUT2D eigenvalue weighted by Crippen LogP contribution is 2.23. The summed E-state index contributed by atoms with van der Waals surface area (Å²) in [6.07, 6.45) is 1.01. The predicted octanol–water partition coefficient (Wildman–Crippen LogP) is 0.446. The Morgan fingerprint density at radius 2 is 2.38 bits per heavy atom. The molecule has 0 saturated heterocycles. The van der Waals surface area contributed by atoms with Gasteiger partial charge in [0.25, 0.3) is 0 Å². The second kappa shape index (κ2) is 5.46. The van der Waals surface area contributed by atoms with E-state index in [1.54, 1.807) is 30.2 Å². The molecule has 0 aliphatic heterocycles. The molecular formula is C11H17N3O2. The molecule has 0 radical (unpaired) electrons. The highest BCUT2D eigenvalue weighted by atomic mass is 16.3. The van der Waals surface area contributed by atoms with Crippen molar-refractivity contribution in [3.8, 4) is 0 Å². The lowest BCUT2D eigenvalue weighted by Crippen LogP contribution is -2.34. The molecule has 3 N–H and O–H groups in total. The van der Waals surface area contributed by atoms with E-state index >= 15 is 0 Å². The highest BCUT2D eigenvalue weighted by molar-refractivity contribution is 5.79. The fraction of sp³-hybridized carbons (Fsp3) is 0.455. The van der Waals surface area contributed by atoms with Crippen LogP contribution in [0.2, 0.25) is 0 Å². The number of primary amides is 1. The van der Waals surface area contributed by atoms with Gasteiger partial charge < -0.3 is 15.7 Å². The largest absolute Gasteiger partial charge is 0.389 e. The Labute approximate surface area is 94.9 Å². The van der Waals surface area contributed by atoms with Gasteiger partial charge in [-0.15, -0.1) is 0 Å². The Kier molecular flexibility index (Phi) is 4.25. The molecule has 1 amide bonds. The molecule has 0 fully saturated rings. The molecule has 1 atom stereocenters. The van der Waals surface area contributed by atoms with Crippen LogP contribution in [0, 0.1) is 0 Å². The number of aliphatic hydroxyl groups is 1.